The van der Waals surface area contributed by atoms with Crippen LogP contribution >= 0.6 is 22.9 Å². The molecule has 1 atom stereocenters. The fourth-order valence-electron chi connectivity index (χ4n) is 4.74. The van der Waals surface area contributed by atoms with E-state index in [1.807, 2.05) is 0 Å². The van der Waals surface area contributed by atoms with Gasteiger partial charge in [-0.2, -0.15) is 0 Å². The summed E-state index contributed by atoms with van der Waals surface area (Å²) >= 11 is 7.26. The molecule has 2 bridgehead atoms. The third-order valence-corrected chi connectivity index (χ3v) is 6.88. The number of nitrogens with one attached hydrogen (secondary N) is 1. The summed E-state index contributed by atoms with van der Waals surface area (Å²) in [4.78, 5) is 17.5. The van der Waals surface area contributed by atoms with Gasteiger partial charge in [0.05, 0.1) is 11.6 Å². The second-order valence-electron chi connectivity index (χ2n) is 7.29. The molecule has 1 heterocycles. The van der Waals surface area contributed by atoms with Crippen molar-refractivity contribution in [1.82, 2.24) is 4.98 Å². The summed E-state index contributed by atoms with van der Waals surface area (Å²) in [6.07, 6.45) is 2.37. The van der Waals surface area contributed by atoms with Crippen molar-refractivity contribution in [3.63, 3.8) is 0 Å². The number of anilines is 1. The summed E-state index contributed by atoms with van der Waals surface area (Å²) in [6, 6.07) is 17.1. The van der Waals surface area contributed by atoms with Crippen LogP contribution in [0.4, 0.5) is 5.13 Å². The largest absolute Gasteiger partial charge is 0.301 e. The van der Waals surface area contributed by atoms with Crippen LogP contribution in [-0.2, 0) is 4.79 Å². The normalized spacial score (nSPS) is 25.5. The predicted octanol–water partition coefficient (Wildman–Crippen LogP) is 5.42. The summed E-state index contributed by atoms with van der Waals surface area (Å²) in [7, 11) is 0. The van der Waals surface area contributed by atoms with E-state index in [-0.39, 0.29) is 17.7 Å². The first-order valence-corrected chi connectivity index (χ1v) is 9.88. The van der Waals surface area contributed by atoms with Crippen LogP contribution in [0.5, 0.6) is 0 Å². The van der Waals surface area contributed by atoms with Crippen molar-refractivity contribution >= 4 is 34.0 Å². The molecule has 1 N–H and O–H groups in total. The minimum atomic E-state index is -0.522. The second kappa shape index (κ2) is 5.66. The van der Waals surface area contributed by atoms with Gasteiger partial charge >= 0.3 is 0 Å². The zero-order chi connectivity index (χ0) is 17.9. The van der Waals surface area contributed by atoms with Crippen molar-refractivity contribution in [3.05, 3.63) is 81.3 Å². The Morgan fingerprint density at radius 1 is 1.12 bits per heavy atom. The predicted molar refractivity (Wildman–Crippen MR) is 105 cm³/mol. The number of rotatable bonds is 2. The highest BCUT2D eigenvalue weighted by Gasteiger charge is 2.53. The Kier molecular flexibility index (Phi) is 3.49. The fraction of sp³-hybridized carbons (Fsp3) is 0.238. The molecular formula is C21H17ClN2OS. The van der Waals surface area contributed by atoms with Crippen LogP contribution in [0.25, 0.3) is 0 Å². The third-order valence-electron chi connectivity index (χ3n) is 5.85. The number of benzene rings is 2. The highest BCUT2D eigenvalue weighted by Crippen LogP contribution is 2.61. The lowest BCUT2D eigenvalue weighted by Crippen LogP contribution is -2.47. The third kappa shape index (κ3) is 2.19. The SMILES string of the molecule is CC1(C(=O)Nc2ncc(Cl)s2)CC2c3ccccc3C1c1ccccc12. The highest BCUT2D eigenvalue weighted by atomic mass is 35.5. The molecule has 0 aliphatic heterocycles. The van der Waals surface area contributed by atoms with Crippen LogP contribution in [0.1, 0.15) is 47.4 Å². The average molecular weight is 381 g/mol. The van der Waals surface area contributed by atoms with E-state index in [1.54, 1.807) is 6.20 Å². The smallest absolute Gasteiger partial charge is 0.233 e. The summed E-state index contributed by atoms with van der Waals surface area (Å²) in [5.74, 6) is 0.320. The summed E-state index contributed by atoms with van der Waals surface area (Å²) in [5.41, 5.74) is 4.75. The van der Waals surface area contributed by atoms with Crippen LogP contribution in [0.2, 0.25) is 4.34 Å². The highest BCUT2D eigenvalue weighted by molar-refractivity contribution is 7.19. The Bertz CT molecular complexity index is 983. The Morgan fingerprint density at radius 2 is 1.69 bits per heavy atom. The molecule has 130 valence electrons. The molecule has 1 aromatic heterocycles. The van der Waals surface area contributed by atoms with Crippen LogP contribution in [0.15, 0.2) is 54.7 Å². The maximum Gasteiger partial charge on any atom is 0.233 e. The quantitative estimate of drug-likeness (QED) is 0.644. The van der Waals surface area contributed by atoms with E-state index in [1.165, 1.54) is 33.6 Å². The van der Waals surface area contributed by atoms with E-state index in [2.05, 4.69) is 65.8 Å². The lowest BCUT2D eigenvalue weighted by molar-refractivity contribution is -0.126. The number of carbonyl (C=O) groups is 1. The molecular weight excluding hydrogens is 364 g/mol. The zero-order valence-corrected chi connectivity index (χ0v) is 15.8. The minimum absolute atomic E-state index is 0.0162. The van der Waals surface area contributed by atoms with Gasteiger partial charge in [-0.3, -0.25) is 4.79 Å². The van der Waals surface area contributed by atoms with Gasteiger partial charge in [-0.1, -0.05) is 71.5 Å². The molecule has 3 aromatic rings. The Labute approximate surface area is 161 Å². The number of fused-ring (bicyclic) bond motifs is 1. The molecule has 0 spiro atoms. The van der Waals surface area contributed by atoms with Gasteiger partial charge in [0.15, 0.2) is 5.13 Å². The van der Waals surface area contributed by atoms with Gasteiger partial charge < -0.3 is 5.32 Å². The molecule has 3 aliphatic carbocycles. The first kappa shape index (κ1) is 16.0. The van der Waals surface area contributed by atoms with Gasteiger partial charge in [-0.05, 0) is 35.6 Å². The molecule has 2 aromatic carbocycles. The summed E-state index contributed by atoms with van der Waals surface area (Å²) < 4.78 is 0.575. The van der Waals surface area contributed by atoms with Gasteiger partial charge in [-0.15, -0.1) is 0 Å². The molecule has 0 radical (unpaired) electrons. The summed E-state index contributed by atoms with van der Waals surface area (Å²) in [5, 5.41) is 3.56. The molecule has 5 heteroatoms. The van der Waals surface area contributed by atoms with E-state index in [9.17, 15) is 4.79 Å². The number of nitrogens with zero attached hydrogens (tertiary/aromatic N) is 1. The molecule has 3 nitrogen and oxygen atoms in total. The molecule has 0 saturated carbocycles. The van der Waals surface area contributed by atoms with Gasteiger partial charge in [0.25, 0.3) is 0 Å². The van der Waals surface area contributed by atoms with E-state index >= 15 is 0 Å². The number of hydrogen-bond donors (Lipinski definition) is 1. The van der Waals surface area contributed by atoms with Crippen LogP contribution in [-0.4, -0.2) is 10.9 Å². The lowest BCUT2D eigenvalue weighted by Gasteiger charge is -2.50. The molecule has 0 saturated heterocycles. The summed E-state index contributed by atoms with van der Waals surface area (Å²) in [6.45, 7) is 2.08. The Morgan fingerprint density at radius 3 is 2.23 bits per heavy atom. The van der Waals surface area contributed by atoms with Gasteiger partial charge in [-0.25, -0.2) is 4.98 Å². The lowest BCUT2D eigenvalue weighted by atomic mass is 9.52. The molecule has 0 fully saturated rings. The number of thiazole rings is 1. The Balaban J connectivity index is 1.62. The Hall–Kier alpha value is -2.17. The van der Waals surface area contributed by atoms with E-state index < -0.39 is 5.41 Å². The molecule has 26 heavy (non-hydrogen) atoms. The maximum atomic E-state index is 13.3. The molecule has 6 rings (SSSR count). The van der Waals surface area contributed by atoms with Crippen molar-refractivity contribution in [3.8, 4) is 0 Å². The van der Waals surface area contributed by atoms with Gasteiger partial charge in [0.1, 0.15) is 4.34 Å². The van der Waals surface area contributed by atoms with Crippen LogP contribution in [0, 0.1) is 5.41 Å². The van der Waals surface area contributed by atoms with Crippen LogP contribution < -0.4 is 5.32 Å². The van der Waals surface area contributed by atoms with Gasteiger partial charge in [0, 0.05) is 11.8 Å². The molecule has 1 amide bonds. The van der Waals surface area contributed by atoms with Crippen LogP contribution in [0.3, 0.4) is 0 Å². The standard InChI is InChI=1S/C21H17ClN2OS/c1-21(19(25)24-20-23-11-17(22)26-20)10-16-12-6-2-4-8-14(12)18(21)15-9-5-3-7-13(15)16/h2-9,11,16,18H,10H2,1H3,(H,23,24,25). The van der Waals surface area contributed by atoms with E-state index in [0.29, 0.717) is 9.47 Å². The monoisotopic (exact) mass is 380 g/mol. The molecule has 3 aliphatic rings. The average Bonchev–Trinajstić information content (AvgIpc) is 3.06. The van der Waals surface area contributed by atoms with Crippen molar-refractivity contribution in [2.45, 2.75) is 25.2 Å². The second-order valence-corrected chi connectivity index (χ2v) is 8.95. The van der Waals surface area contributed by atoms with Crippen molar-refractivity contribution < 1.29 is 4.79 Å². The van der Waals surface area contributed by atoms with E-state index in [4.69, 9.17) is 11.6 Å². The van der Waals surface area contributed by atoms with Crippen molar-refractivity contribution in [2.24, 2.45) is 5.41 Å². The topological polar surface area (TPSA) is 42.0 Å². The van der Waals surface area contributed by atoms with E-state index in [0.717, 1.165) is 6.42 Å². The number of carbonyl (C=O) groups excluding carboxylic acids is 1. The number of aromatic nitrogens is 1. The first-order valence-electron chi connectivity index (χ1n) is 8.68. The first-order chi connectivity index (χ1) is 12.6. The fourth-order valence-corrected chi connectivity index (χ4v) is 5.55. The van der Waals surface area contributed by atoms with Gasteiger partial charge in [0.2, 0.25) is 5.91 Å². The molecule has 1 unspecified atom stereocenters. The van der Waals surface area contributed by atoms with Crippen molar-refractivity contribution in [2.75, 3.05) is 5.32 Å². The van der Waals surface area contributed by atoms with Crippen molar-refractivity contribution in [1.29, 1.82) is 0 Å². The zero-order valence-electron chi connectivity index (χ0n) is 14.2. The minimum Gasteiger partial charge on any atom is -0.301 e. The number of amides is 1. The number of halogens is 1. The maximum absolute atomic E-state index is 13.3. The number of hydrogen-bond acceptors (Lipinski definition) is 3.